The monoisotopic (exact) mass is 300 g/mol. The Kier molecular flexibility index (Phi) is 4.71. The van der Waals surface area contributed by atoms with Gasteiger partial charge in [0.15, 0.2) is 0 Å². The number of fused-ring (bicyclic) bond motifs is 1. The van der Waals surface area contributed by atoms with E-state index in [0.717, 1.165) is 0 Å². The lowest BCUT2D eigenvalue weighted by atomic mass is 10.0. The van der Waals surface area contributed by atoms with Crippen molar-refractivity contribution in [3.63, 3.8) is 0 Å². The van der Waals surface area contributed by atoms with Gasteiger partial charge in [-0.05, 0) is 28.8 Å². The molecule has 1 unspecified atom stereocenters. The molecular weight excluding hydrogens is 280 g/mol. The molecule has 3 aromatic rings. The predicted octanol–water partition coefficient (Wildman–Crippen LogP) is 4.63. The van der Waals surface area contributed by atoms with Crippen molar-refractivity contribution >= 4 is 10.8 Å². The lowest BCUT2D eigenvalue weighted by molar-refractivity contribution is 0.516. The summed E-state index contributed by atoms with van der Waals surface area (Å²) >= 11 is 0. The molecule has 2 nitrogen and oxygen atoms in total. The molecule has 3 rings (SSSR count). The Balaban J connectivity index is 1.72. The Morgan fingerprint density at radius 3 is 2.35 bits per heavy atom. The third kappa shape index (κ3) is 3.77. The van der Waals surface area contributed by atoms with Crippen molar-refractivity contribution in [2.45, 2.75) is 25.4 Å². The van der Waals surface area contributed by atoms with Crippen molar-refractivity contribution in [1.82, 2.24) is 5.32 Å². The molecule has 3 aromatic carbocycles. The van der Waals surface area contributed by atoms with E-state index < -0.39 is 0 Å². The second-order valence-corrected chi connectivity index (χ2v) is 5.87. The summed E-state index contributed by atoms with van der Waals surface area (Å²) in [5.74, 6) is 0. The zero-order valence-corrected chi connectivity index (χ0v) is 13.2. The molecule has 114 valence electrons. The minimum atomic E-state index is -0.202. The van der Waals surface area contributed by atoms with Gasteiger partial charge in [-0.1, -0.05) is 72.8 Å². The van der Waals surface area contributed by atoms with E-state index in [1.165, 1.54) is 21.9 Å². The van der Waals surface area contributed by atoms with E-state index in [4.69, 9.17) is 0 Å². The van der Waals surface area contributed by atoms with E-state index in [2.05, 4.69) is 60.8 Å². The lowest BCUT2D eigenvalue weighted by Crippen LogP contribution is -2.32. The maximum atomic E-state index is 9.48. The summed E-state index contributed by atoms with van der Waals surface area (Å²) in [4.78, 5) is 0. The van der Waals surface area contributed by atoms with Crippen LogP contribution in [0.1, 0.15) is 24.1 Å². The number of rotatable bonds is 5. The molecule has 0 spiro atoms. The molecule has 0 radical (unpaired) electrons. The van der Waals surface area contributed by atoms with Crippen LogP contribution in [0.25, 0.3) is 10.8 Å². The summed E-state index contributed by atoms with van der Waals surface area (Å²) in [5.41, 5.74) is 2.38. The van der Waals surface area contributed by atoms with Gasteiger partial charge in [-0.25, -0.2) is 0 Å². The highest BCUT2D eigenvalue weighted by Crippen LogP contribution is 2.18. The molecule has 0 saturated carbocycles. The van der Waals surface area contributed by atoms with Crippen LogP contribution in [-0.4, -0.2) is 6.04 Å². The lowest BCUT2D eigenvalue weighted by Gasteiger charge is -2.19. The van der Waals surface area contributed by atoms with Crippen molar-refractivity contribution in [2.75, 3.05) is 0 Å². The van der Waals surface area contributed by atoms with Crippen molar-refractivity contribution in [3.8, 4) is 6.07 Å². The fourth-order valence-electron chi connectivity index (χ4n) is 2.88. The van der Waals surface area contributed by atoms with Crippen LogP contribution in [0.3, 0.4) is 0 Å². The molecule has 0 saturated heterocycles. The molecular formula is C21H20N2. The summed E-state index contributed by atoms with van der Waals surface area (Å²) in [6, 6.07) is 27.3. The third-order valence-corrected chi connectivity index (χ3v) is 4.16. The van der Waals surface area contributed by atoms with Crippen LogP contribution in [0.2, 0.25) is 0 Å². The normalized spacial score (nSPS) is 13.4. The van der Waals surface area contributed by atoms with E-state index in [-0.39, 0.29) is 12.1 Å². The third-order valence-electron chi connectivity index (χ3n) is 4.16. The number of hydrogen-bond donors (Lipinski definition) is 1. The van der Waals surface area contributed by atoms with Gasteiger partial charge < -0.3 is 0 Å². The van der Waals surface area contributed by atoms with Crippen LogP contribution >= 0.6 is 0 Å². The van der Waals surface area contributed by atoms with E-state index >= 15 is 0 Å². The van der Waals surface area contributed by atoms with Crippen LogP contribution in [0.4, 0.5) is 0 Å². The summed E-state index contributed by atoms with van der Waals surface area (Å²) in [6.45, 7) is 2.10. The van der Waals surface area contributed by atoms with Crippen molar-refractivity contribution in [3.05, 3.63) is 83.9 Å². The van der Waals surface area contributed by atoms with Gasteiger partial charge in [-0.3, -0.25) is 5.32 Å². The molecule has 0 aromatic heterocycles. The van der Waals surface area contributed by atoms with Crippen LogP contribution in [0.5, 0.6) is 0 Å². The molecule has 0 aliphatic rings. The molecule has 0 aliphatic carbocycles. The molecule has 2 heteroatoms. The average molecular weight is 300 g/mol. The molecule has 0 heterocycles. The summed E-state index contributed by atoms with van der Waals surface area (Å²) < 4.78 is 0. The first-order valence-corrected chi connectivity index (χ1v) is 7.94. The van der Waals surface area contributed by atoms with Gasteiger partial charge in [0.2, 0.25) is 0 Å². The first-order chi connectivity index (χ1) is 11.3. The van der Waals surface area contributed by atoms with Crippen LogP contribution in [0, 0.1) is 11.3 Å². The molecule has 0 aliphatic heterocycles. The minimum absolute atomic E-state index is 0.154. The van der Waals surface area contributed by atoms with E-state index in [1.54, 1.807) is 0 Å². The second-order valence-electron chi connectivity index (χ2n) is 5.87. The van der Waals surface area contributed by atoms with Crippen LogP contribution in [-0.2, 0) is 6.42 Å². The van der Waals surface area contributed by atoms with Gasteiger partial charge in [0.25, 0.3) is 0 Å². The number of hydrogen-bond acceptors (Lipinski definition) is 2. The number of nitrogens with one attached hydrogen (secondary N) is 1. The average Bonchev–Trinajstić information content (AvgIpc) is 2.61. The number of benzene rings is 3. The molecule has 0 bridgehead atoms. The predicted molar refractivity (Wildman–Crippen MR) is 95.0 cm³/mol. The zero-order chi connectivity index (χ0) is 16.1. The highest BCUT2D eigenvalue weighted by molar-refractivity contribution is 5.83. The first-order valence-electron chi connectivity index (χ1n) is 7.94. The maximum absolute atomic E-state index is 9.48. The Morgan fingerprint density at radius 2 is 1.61 bits per heavy atom. The molecule has 1 N–H and O–H groups in total. The van der Waals surface area contributed by atoms with E-state index in [9.17, 15) is 5.26 Å². The Morgan fingerprint density at radius 1 is 0.913 bits per heavy atom. The highest BCUT2D eigenvalue weighted by Gasteiger charge is 2.13. The smallest absolute Gasteiger partial charge is 0.0998 e. The summed E-state index contributed by atoms with van der Waals surface area (Å²) in [5, 5.41) is 15.4. The second kappa shape index (κ2) is 7.09. The summed E-state index contributed by atoms with van der Waals surface area (Å²) in [6.07, 6.45) is 0.707. The largest absolute Gasteiger partial charge is 0.295 e. The van der Waals surface area contributed by atoms with Gasteiger partial charge in [-0.2, -0.15) is 5.26 Å². The van der Waals surface area contributed by atoms with Crippen molar-refractivity contribution in [1.29, 1.82) is 5.26 Å². The standard InChI is InChI=1S/C21H20N2/c1-16(18-7-3-2-4-8-18)23-21(15-22)14-17-11-12-19-9-5-6-10-20(19)13-17/h2-13,16,21,23H,14H2,1H3/t16-,21?/m0/s1. The fourth-order valence-corrected chi connectivity index (χ4v) is 2.88. The Bertz CT molecular complexity index is 818. The number of nitrogens with zero attached hydrogens (tertiary/aromatic N) is 1. The van der Waals surface area contributed by atoms with Crippen molar-refractivity contribution < 1.29 is 0 Å². The quantitative estimate of drug-likeness (QED) is 0.746. The molecule has 0 fully saturated rings. The van der Waals surface area contributed by atoms with Gasteiger partial charge in [0.05, 0.1) is 12.1 Å². The SMILES string of the molecule is C[C@H](NC(C#N)Cc1ccc2ccccc2c1)c1ccccc1. The van der Waals surface area contributed by atoms with E-state index in [0.29, 0.717) is 6.42 Å². The topological polar surface area (TPSA) is 35.8 Å². The van der Waals surface area contributed by atoms with Gasteiger partial charge in [0, 0.05) is 12.5 Å². The Labute approximate surface area is 137 Å². The zero-order valence-electron chi connectivity index (χ0n) is 13.2. The van der Waals surface area contributed by atoms with Crippen LogP contribution in [0.15, 0.2) is 72.8 Å². The van der Waals surface area contributed by atoms with Crippen molar-refractivity contribution in [2.24, 2.45) is 0 Å². The minimum Gasteiger partial charge on any atom is -0.295 e. The van der Waals surface area contributed by atoms with Gasteiger partial charge in [0.1, 0.15) is 0 Å². The molecule has 2 atom stereocenters. The molecule has 0 amide bonds. The fraction of sp³-hybridized carbons (Fsp3) is 0.190. The van der Waals surface area contributed by atoms with Crippen LogP contribution < -0.4 is 5.32 Å². The summed E-state index contributed by atoms with van der Waals surface area (Å²) in [7, 11) is 0. The van der Waals surface area contributed by atoms with Gasteiger partial charge >= 0.3 is 0 Å². The first kappa shape index (κ1) is 15.3. The Hall–Kier alpha value is -2.63. The van der Waals surface area contributed by atoms with E-state index in [1.807, 2.05) is 30.3 Å². The number of nitriles is 1. The molecule has 23 heavy (non-hydrogen) atoms. The van der Waals surface area contributed by atoms with Gasteiger partial charge in [-0.15, -0.1) is 0 Å². The highest BCUT2D eigenvalue weighted by atomic mass is 14.9. The maximum Gasteiger partial charge on any atom is 0.0998 e.